The van der Waals surface area contributed by atoms with E-state index in [-0.39, 0.29) is 18.4 Å². The number of rotatable bonds is 4. The van der Waals surface area contributed by atoms with Gasteiger partial charge in [-0.25, -0.2) is 8.42 Å². The summed E-state index contributed by atoms with van der Waals surface area (Å²) in [6.07, 6.45) is 1.36. The first-order chi connectivity index (χ1) is 13.4. The van der Waals surface area contributed by atoms with E-state index in [2.05, 4.69) is 5.32 Å². The van der Waals surface area contributed by atoms with Crippen molar-refractivity contribution in [1.29, 1.82) is 0 Å². The monoisotopic (exact) mass is 414 g/mol. The summed E-state index contributed by atoms with van der Waals surface area (Å²) in [6, 6.07) is 17.1. The Labute approximate surface area is 169 Å². The van der Waals surface area contributed by atoms with E-state index < -0.39 is 10.0 Å². The van der Waals surface area contributed by atoms with Crippen molar-refractivity contribution in [2.75, 3.05) is 18.4 Å². The van der Waals surface area contributed by atoms with Gasteiger partial charge in [-0.2, -0.15) is 4.31 Å². The predicted molar refractivity (Wildman–Crippen MR) is 113 cm³/mol. The summed E-state index contributed by atoms with van der Waals surface area (Å²) in [6.45, 7) is 2.56. The number of amides is 1. The highest BCUT2D eigenvalue weighted by atomic mass is 32.2. The maximum absolute atomic E-state index is 12.9. The zero-order valence-electron chi connectivity index (χ0n) is 15.6. The standard InChI is InChI=1S/C21H22N2O3S2/c1-15-11-12-20(27-15)28(25,26)23-13-5-8-17(14-23)21(24)22-19-10-4-7-16-6-2-3-9-18(16)19/h2-4,6-7,9-12,17H,5,8,13-14H2,1H3,(H,22,24). The number of thiophene rings is 1. The van der Waals surface area contributed by atoms with E-state index in [0.717, 1.165) is 21.3 Å². The molecule has 1 aliphatic heterocycles. The van der Waals surface area contributed by atoms with Crippen LogP contribution in [0.2, 0.25) is 0 Å². The normalized spacial score (nSPS) is 18.2. The summed E-state index contributed by atoms with van der Waals surface area (Å²) in [5.41, 5.74) is 0.761. The molecule has 2 aromatic carbocycles. The van der Waals surface area contributed by atoms with Gasteiger partial charge >= 0.3 is 0 Å². The summed E-state index contributed by atoms with van der Waals surface area (Å²) >= 11 is 1.27. The molecular formula is C21H22N2O3S2. The third-order valence-electron chi connectivity index (χ3n) is 5.11. The molecule has 2 heterocycles. The number of carbonyl (C=O) groups is 1. The quantitative estimate of drug-likeness (QED) is 0.694. The molecule has 0 aliphatic carbocycles. The van der Waals surface area contributed by atoms with Gasteiger partial charge in [0.05, 0.1) is 5.92 Å². The van der Waals surface area contributed by atoms with Crippen LogP contribution in [-0.4, -0.2) is 31.7 Å². The molecule has 5 nitrogen and oxygen atoms in total. The molecule has 1 atom stereocenters. The maximum atomic E-state index is 12.9. The highest BCUT2D eigenvalue weighted by Gasteiger charge is 2.34. The molecule has 1 saturated heterocycles. The molecule has 0 spiro atoms. The molecule has 1 amide bonds. The predicted octanol–water partition coefficient (Wildman–Crippen LogP) is 4.25. The van der Waals surface area contributed by atoms with Crippen LogP contribution in [0.3, 0.4) is 0 Å². The van der Waals surface area contributed by atoms with E-state index in [9.17, 15) is 13.2 Å². The zero-order chi connectivity index (χ0) is 19.7. The second-order valence-corrected chi connectivity index (χ2v) is 10.5. The Morgan fingerprint density at radius 2 is 1.89 bits per heavy atom. The number of anilines is 1. The minimum Gasteiger partial charge on any atom is -0.325 e. The lowest BCUT2D eigenvalue weighted by Gasteiger charge is -2.30. The van der Waals surface area contributed by atoms with Gasteiger partial charge in [0, 0.05) is 29.0 Å². The molecule has 1 unspecified atom stereocenters. The molecule has 1 N–H and O–H groups in total. The molecule has 1 aliphatic rings. The fraction of sp³-hybridized carbons (Fsp3) is 0.286. The van der Waals surface area contributed by atoms with Crippen LogP contribution in [0.15, 0.2) is 58.8 Å². The Morgan fingerprint density at radius 1 is 1.11 bits per heavy atom. The van der Waals surface area contributed by atoms with Gasteiger partial charge in [-0.1, -0.05) is 36.4 Å². The maximum Gasteiger partial charge on any atom is 0.252 e. The van der Waals surface area contributed by atoms with Crippen LogP contribution in [-0.2, 0) is 14.8 Å². The summed E-state index contributed by atoms with van der Waals surface area (Å²) in [7, 11) is -3.54. The van der Waals surface area contributed by atoms with Crippen molar-refractivity contribution in [2.45, 2.75) is 24.0 Å². The van der Waals surface area contributed by atoms with E-state index >= 15 is 0 Å². The Kier molecular flexibility index (Phi) is 5.23. The summed E-state index contributed by atoms with van der Waals surface area (Å²) < 4.78 is 27.6. The number of piperidine rings is 1. The van der Waals surface area contributed by atoms with E-state index in [4.69, 9.17) is 0 Å². The van der Waals surface area contributed by atoms with Crippen molar-refractivity contribution >= 4 is 43.7 Å². The fourth-order valence-electron chi connectivity index (χ4n) is 3.62. The second-order valence-electron chi connectivity index (χ2n) is 7.08. The first kappa shape index (κ1) is 19.1. The number of nitrogens with one attached hydrogen (secondary N) is 1. The molecule has 1 aromatic heterocycles. The molecule has 146 valence electrons. The zero-order valence-corrected chi connectivity index (χ0v) is 17.2. The first-order valence-corrected chi connectivity index (χ1v) is 11.6. The fourth-order valence-corrected chi connectivity index (χ4v) is 6.58. The Morgan fingerprint density at radius 3 is 2.68 bits per heavy atom. The number of sulfonamides is 1. The molecule has 1 fully saturated rings. The van der Waals surface area contributed by atoms with Gasteiger partial charge in [-0.15, -0.1) is 11.3 Å². The number of fused-ring (bicyclic) bond motifs is 1. The smallest absolute Gasteiger partial charge is 0.252 e. The summed E-state index contributed by atoms with van der Waals surface area (Å²) in [5.74, 6) is -0.484. The SMILES string of the molecule is Cc1ccc(S(=O)(=O)N2CCCC(C(=O)Nc3cccc4ccccc34)C2)s1. The first-order valence-electron chi connectivity index (χ1n) is 9.30. The number of nitrogens with zero attached hydrogens (tertiary/aromatic N) is 1. The Bertz CT molecular complexity index is 1120. The largest absolute Gasteiger partial charge is 0.325 e. The average Bonchev–Trinajstić information content (AvgIpc) is 3.15. The van der Waals surface area contributed by atoms with Crippen LogP contribution in [0.25, 0.3) is 10.8 Å². The van der Waals surface area contributed by atoms with Crippen LogP contribution < -0.4 is 5.32 Å². The Balaban J connectivity index is 1.52. The lowest BCUT2D eigenvalue weighted by molar-refractivity contribution is -0.120. The number of aryl methyl sites for hydroxylation is 1. The summed E-state index contributed by atoms with van der Waals surface area (Å²) in [5, 5.41) is 5.05. The van der Waals surface area contributed by atoms with Crippen LogP contribution in [0.4, 0.5) is 5.69 Å². The van der Waals surface area contributed by atoms with Gasteiger partial charge in [0.2, 0.25) is 5.91 Å². The van der Waals surface area contributed by atoms with Crippen molar-refractivity contribution in [1.82, 2.24) is 4.31 Å². The molecule has 0 bridgehead atoms. The van der Waals surface area contributed by atoms with E-state index in [0.29, 0.717) is 23.6 Å². The third kappa shape index (κ3) is 3.70. The van der Waals surface area contributed by atoms with Gasteiger partial charge in [0.15, 0.2) is 0 Å². The average molecular weight is 415 g/mol. The van der Waals surface area contributed by atoms with Gasteiger partial charge in [-0.3, -0.25) is 4.79 Å². The third-order valence-corrected chi connectivity index (χ3v) is 8.45. The molecule has 0 saturated carbocycles. The summed E-state index contributed by atoms with van der Waals surface area (Å²) in [4.78, 5) is 13.9. The number of hydrogen-bond donors (Lipinski definition) is 1. The molecule has 4 rings (SSSR count). The second kappa shape index (κ2) is 7.66. The molecule has 3 aromatic rings. The molecule has 28 heavy (non-hydrogen) atoms. The van der Waals surface area contributed by atoms with Gasteiger partial charge in [0.1, 0.15) is 4.21 Å². The van der Waals surface area contributed by atoms with Crippen molar-refractivity contribution in [3.63, 3.8) is 0 Å². The number of carbonyl (C=O) groups excluding carboxylic acids is 1. The van der Waals surface area contributed by atoms with Crippen molar-refractivity contribution < 1.29 is 13.2 Å². The van der Waals surface area contributed by atoms with Crippen LogP contribution in [0, 0.1) is 12.8 Å². The van der Waals surface area contributed by atoms with Crippen LogP contribution in [0.5, 0.6) is 0 Å². The molecule has 0 radical (unpaired) electrons. The Hall–Kier alpha value is -2.22. The molecule has 7 heteroatoms. The van der Waals surface area contributed by atoms with Crippen LogP contribution in [0.1, 0.15) is 17.7 Å². The van der Waals surface area contributed by atoms with E-state index in [1.165, 1.54) is 15.6 Å². The van der Waals surface area contributed by atoms with E-state index in [1.54, 1.807) is 6.07 Å². The van der Waals surface area contributed by atoms with Gasteiger partial charge < -0.3 is 5.32 Å². The van der Waals surface area contributed by atoms with Crippen molar-refractivity contribution in [3.8, 4) is 0 Å². The van der Waals surface area contributed by atoms with E-state index in [1.807, 2.05) is 55.5 Å². The lowest BCUT2D eigenvalue weighted by atomic mass is 9.98. The topological polar surface area (TPSA) is 66.5 Å². The highest BCUT2D eigenvalue weighted by molar-refractivity contribution is 7.91. The van der Waals surface area contributed by atoms with Crippen molar-refractivity contribution in [2.24, 2.45) is 5.92 Å². The highest BCUT2D eigenvalue weighted by Crippen LogP contribution is 2.29. The molecular weight excluding hydrogens is 392 g/mol. The lowest BCUT2D eigenvalue weighted by Crippen LogP contribution is -2.43. The minimum absolute atomic E-state index is 0.126. The van der Waals surface area contributed by atoms with Crippen molar-refractivity contribution in [3.05, 3.63) is 59.5 Å². The van der Waals surface area contributed by atoms with Gasteiger partial charge in [-0.05, 0) is 43.4 Å². The van der Waals surface area contributed by atoms with Gasteiger partial charge in [0.25, 0.3) is 10.0 Å². The number of benzene rings is 2. The minimum atomic E-state index is -3.54. The number of hydrogen-bond acceptors (Lipinski definition) is 4. The van der Waals surface area contributed by atoms with Crippen LogP contribution >= 0.6 is 11.3 Å².